The highest BCUT2D eigenvalue weighted by Crippen LogP contribution is 2.29. The van der Waals surface area contributed by atoms with Gasteiger partial charge < -0.3 is 14.8 Å². The lowest BCUT2D eigenvalue weighted by atomic mass is 10.2. The molecule has 4 aromatic carbocycles. The maximum Gasteiger partial charge on any atom is 0.224 e. The minimum atomic E-state index is -0.308. The molecular weight excluding hydrogens is 552 g/mol. The van der Waals surface area contributed by atoms with E-state index in [1.54, 1.807) is 73.7 Å². The Morgan fingerprint density at radius 2 is 1.38 bits per heavy atom. The number of amides is 1. The minimum Gasteiger partial charge on any atom is -0.457 e. The van der Waals surface area contributed by atoms with Gasteiger partial charge in [0.2, 0.25) is 5.91 Å². The molecule has 4 rings (SSSR count). The van der Waals surface area contributed by atoms with Crippen molar-refractivity contribution in [2.75, 3.05) is 5.32 Å². The standard InChI is InChI=1S/C17H15ClN2O2.C14H9ClFNO/c1-2-3-17(21)20-13-5-8-14(9-6-13)22-15-7-4-12(11-19)16(18)10-15;1-9-6-11(16)3-5-14(9)18-12-4-2-10(8-17)13(15)7-12/h4-10H,2-3H2,1H3,(H,20,21);2-7H,1H3. The third-order valence-electron chi connectivity index (χ3n) is 5.34. The molecule has 1 N–H and O–H groups in total. The zero-order valence-corrected chi connectivity index (χ0v) is 23.2. The monoisotopic (exact) mass is 575 g/mol. The molecular formula is C31H24Cl2FN3O3. The zero-order valence-electron chi connectivity index (χ0n) is 21.7. The van der Waals surface area contributed by atoms with Crippen LogP contribution < -0.4 is 14.8 Å². The largest absolute Gasteiger partial charge is 0.457 e. The summed E-state index contributed by atoms with van der Waals surface area (Å²) in [6, 6.07) is 25.0. The Balaban J connectivity index is 0.000000225. The lowest BCUT2D eigenvalue weighted by molar-refractivity contribution is -0.116. The molecule has 202 valence electrons. The van der Waals surface area contributed by atoms with E-state index in [1.165, 1.54) is 12.1 Å². The van der Waals surface area contributed by atoms with Crippen molar-refractivity contribution in [3.05, 3.63) is 111 Å². The predicted octanol–water partition coefficient (Wildman–Crippen LogP) is 9.19. The van der Waals surface area contributed by atoms with Crippen LogP contribution in [0.1, 0.15) is 36.5 Å². The van der Waals surface area contributed by atoms with E-state index in [0.29, 0.717) is 56.2 Å². The van der Waals surface area contributed by atoms with Crippen molar-refractivity contribution in [3.63, 3.8) is 0 Å². The fourth-order valence-electron chi connectivity index (χ4n) is 3.35. The Kier molecular flexibility index (Phi) is 10.9. The van der Waals surface area contributed by atoms with Crippen LogP contribution in [-0.2, 0) is 4.79 Å². The van der Waals surface area contributed by atoms with Gasteiger partial charge in [0.25, 0.3) is 0 Å². The molecule has 0 saturated heterocycles. The van der Waals surface area contributed by atoms with Crippen LogP contribution in [0.25, 0.3) is 0 Å². The number of nitrogens with zero attached hydrogens (tertiary/aromatic N) is 2. The summed E-state index contributed by atoms with van der Waals surface area (Å²) in [5.74, 6) is 1.92. The fraction of sp³-hybridized carbons (Fsp3) is 0.129. The van der Waals surface area contributed by atoms with Crippen LogP contribution in [0.4, 0.5) is 10.1 Å². The number of hydrogen-bond donors (Lipinski definition) is 1. The predicted molar refractivity (Wildman–Crippen MR) is 154 cm³/mol. The van der Waals surface area contributed by atoms with E-state index < -0.39 is 0 Å². The topological polar surface area (TPSA) is 95.1 Å². The normalized spacial score (nSPS) is 9.88. The summed E-state index contributed by atoms with van der Waals surface area (Å²) in [6.45, 7) is 3.71. The van der Waals surface area contributed by atoms with Crippen molar-refractivity contribution in [1.29, 1.82) is 10.5 Å². The van der Waals surface area contributed by atoms with Gasteiger partial charge in [0.05, 0.1) is 21.2 Å². The van der Waals surface area contributed by atoms with Crippen LogP contribution in [0.5, 0.6) is 23.0 Å². The quantitative estimate of drug-likeness (QED) is 0.237. The van der Waals surface area contributed by atoms with Crippen LogP contribution in [0.3, 0.4) is 0 Å². The van der Waals surface area contributed by atoms with Crippen molar-refractivity contribution in [2.24, 2.45) is 0 Å². The molecule has 0 fully saturated rings. The first kappa shape index (κ1) is 30.0. The van der Waals surface area contributed by atoms with Gasteiger partial charge in [-0.25, -0.2) is 4.39 Å². The minimum absolute atomic E-state index is 0.00459. The van der Waals surface area contributed by atoms with E-state index in [9.17, 15) is 9.18 Å². The van der Waals surface area contributed by atoms with Gasteiger partial charge in [0.15, 0.2) is 0 Å². The Bertz CT molecular complexity index is 1580. The molecule has 0 aliphatic heterocycles. The molecule has 9 heteroatoms. The van der Waals surface area contributed by atoms with Gasteiger partial charge in [-0.2, -0.15) is 10.5 Å². The van der Waals surface area contributed by atoms with Gasteiger partial charge in [-0.1, -0.05) is 30.1 Å². The van der Waals surface area contributed by atoms with E-state index in [2.05, 4.69) is 5.32 Å². The highest BCUT2D eigenvalue weighted by atomic mass is 35.5. The van der Waals surface area contributed by atoms with E-state index in [1.807, 2.05) is 19.1 Å². The second-order valence-corrected chi connectivity index (χ2v) is 9.26. The first-order chi connectivity index (χ1) is 19.2. The average Bonchev–Trinajstić information content (AvgIpc) is 2.92. The van der Waals surface area contributed by atoms with Crippen LogP contribution in [0, 0.1) is 35.4 Å². The SMILES string of the molecule is CCCC(=O)Nc1ccc(Oc2ccc(C#N)c(Cl)c2)cc1.Cc1cc(F)ccc1Oc1ccc(C#N)c(Cl)c1. The fourth-order valence-corrected chi connectivity index (χ4v) is 3.77. The smallest absolute Gasteiger partial charge is 0.224 e. The van der Waals surface area contributed by atoms with Crippen molar-refractivity contribution < 1.29 is 18.7 Å². The van der Waals surface area contributed by atoms with Gasteiger partial charge in [0.1, 0.15) is 41.0 Å². The molecule has 6 nitrogen and oxygen atoms in total. The second kappa shape index (κ2) is 14.6. The molecule has 1 amide bonds. The number of rotatable bonds is 7. The number of carbonyl (C=O) groups is 1. The van der Waals surface area contributed by atoms with E-state index in [0.717, 1.165) is 12.1 Å². The first-order valence-electron chi connectivity index (χ1n) is 12.1. The molecule has 40 heavy (non-hydrogen) atoms. The lowest BCUT2D eigenvalue weighted by Gasteiger charge is -2.09. The molecule has 0 aliphatic rings. The molecule has 0 atom stereocenters. The summed E-state index contributed by atoms with van der Waals surface area (Å²) in [4.78, 5) is 11.5. The van der Waals surface area contributed by atoms with E-state index in [-0.39, 0.29) is 11.7 Å². The maximum atomic E-state index is 12.9. The number of nitriles is 2. The van der Waals surface area contributed by atoms with Gasteiger partial charge in [-0.3, -0.25) is 4.79 Å². The number of aryl methyl sites for hydroxylation is 1. The molecule has 0 aliphatic carbocycles. The van der Waals surface area contributed by atoms with Crippen molar-refractivity contribution in [3.8, 4) is 35.1 Å². The number of ether oxygens (including phenoxy) is 2. The van der Waals surface area contributed by atoms with Gasteiger partial charge in [0, 0.05) is 24.2 Å². The number of halogens is 3. The summed E-state index contributed by atoms with van der Waals surface area (Å²) in [5, 5.41) is 21.1. The number of hydrogen-bond acceptors (Lipinski definition) is 5. The number of anilines is 1. The Labute approximate surface area is 242 Å². The van der Waals surface area contributed by atoms with E-state index in [4.69, 9.17) is 43.2 Å². The van der Waals surface area contributed by atoms with Crippen molar-refractivity contribution in [2.45, 2.75) is 26.7 Å². The van der Waals surface area contributed by atoms with Crippen LogP contribution in [0.2, 0.25) is 10.0 Å². The molecule has 0 spiro atoms. The van der Waals surface area contributed by atoms with Crippen molar-refractivity contribution in [1.82, 2.24) is 0 Å². The number of benzene rings is 4. The Morgan fingerprint density at radius 1 is 0.825 bits per heavy atom. The molecule has 0 radical (unpaired) electrons. The van der Waals surface area contributed by atoms with Gasteiger partial charge in [-0.15, -0.1) is 0 Å². The lowest BCUT2D eigenvalue weighted by Crippen LogP contribution is -2.10. The Morgan fingerprint density at radius 3 is 1.88 bits per heavy atom. The zero-order chi connectivity index (χ0) is 29.1. The molecule has 0 aromatic heterocycles. The summed E-state index contributed by atoms with van der Waals surface area (Å²) < 4.78 is 24.2. The van der Waals surface area contributed by atoms with Crippen LogP contribution in [0.15, 0.2) is 78.9 Å². The van der Waals surface area contributed by atoms with E-state index >= 15 is 0 Å². The first-order valence-corrected chi connectivity index (χ1v) is 12.9. The van der Waals surface area contributed by atoms with Crippen LogP contribution in [-0.4, -0.2) is 5.91 Å². The summed E-state index contributed by atoms with van der Waals surface area (Å²) in [5.41, 5.74) is 2.21. The van der Waals surface area contributed by atoms with Crippen LogP contribution >= 0.6 is 23.2 Å². The summed E-state index contributed by atoms with van der Waals surface area (Å²) in [6.07, 6.45) is 1.31. The maximum absolute atomic E-state index is 12.9. The average molecular weight is 576 g/mol. The molecule has 0 bridgehead atoms. The summed E-state index contributed by atoms with van der Waals surface area (Å²) in [7, 11) is 0. The molecule has 4 aromatic rings. The third kappa shape index (κ3) is 8.74. The number of nitrogens with one attached hydrogen (secondary N) is 1. The Hall–Kier alpha value is -4.56. The molecule has 0 heterocycles. The number of carbonyl (C=O) groups excluding carboxylic acids is 1. The molecule has 0 saturated carbocycles. The summed E-state index contributed by atoms with van der Waals surface area (Å²) >= 11 is 11.9. The molecule has 0 unspecified atom stereocenters. The highest BCUT2D eigenvalue weighted by Gasteiger charge is 2.07. The highest BCUT2D eigenvalue weighted by molar-refractivity contribution is 6.32. The second-order valence-electron chi connectivity index (χ2n) is 8.44. The third-order valence-corrected chi connectivity index (χ3v) is 5.96. The van der Waals surface area contributed by atoms with Gasteiger partial charge >= 0.3 is 0 Å². The van der Waals surface area contributed by atoms with Crippen molar-refractivity contribution >= 4 is 34.8 Å². The van der Waals surface area contributed by atoms with Gasteiger partial charge in [-0.05, 0) is 85.6 Å².